The number of ether oxygens (including phenoxy) is 1. The zero-order chi connectivity index (χ0) is 13.4. The third-order valence-corrected chi connectivity index (χ3v) is 2.77. The standard InChI is InChI=1S/C15H22N2O/c1-4-6-7-10-18-15-9-8-12(3)17-14(15)11-13(16)5-2/h1,8-9,13H,5-7,10-11,16H2,2-3H3. The number of aryl methyl sites for hydroxylation is 1. The Morgan fingerprint density at radius 3 is 2.94 bits per heavy atom. The minimum Gasteiger partial charge on any atom is -0.492 e. The molecule has 1 rings (SSSR count). The highest BCUT2D eigenvalue weighted by molar-refractivity contribution is 5.30. The first-order valence-corrected chi connectivity index (χ1v) is 6.45. The summed E-state index contributed by atoms with van der Waals surface area (Å²) in [6.45, 7) is 4.68. The Morgan fingerprint density at radius 2 is 2.28 bits per heavy atom. The summed E-state index contributed by atoms with van der Waals surface area (Å²) >= 11 is 0. The van der Waals surface area contributed by atoms with E-state index in [1.165, 1.54) is 0 Å². The molecule has 0 saturated heterocycles. The molecule has 1 aromatic heterocycles. The average molecular weight is 246 g/mol. The van der Waals surface area contributed by atoms with Crippen molar-refractivity contribution >= 4 is 0 Å². The second kappa shape index (κ2) is 7.73. The molecule has 0 aliphatic rings. The molecule has 2 N–H and O–H groups in total. The van der Waals surface area contributed by atoms with E-state index in [9.17, 15) is 0 Å². The SMILES string of the molecule is C#CCCCOc1ccc(C)nc1CC(N)CC. The van der Waals surface area contributed by atoms with Crippen LogP contribution in [-0.4, -0.2) is 17.6 Å². The number of pyridine rings is 1. The van der Waals surface area contributed by atoms with Crippen LogP contribution in [0.4, 0.5) is 0 Å². The van der Waals surface area contributed by atoms with Gasteiger partial charge in [0.15, 0.2) is 0 Å². The number of terminal acetylenes is 1. The van der Waals surface area contributed by atoms with Gasteiger partial charge in [0, 0.05) is 24.6 Å². The van der Waals surface area contributed by atoms with E-state index in [-0.39, 0.29) is 6.04 Å². The van der Waals surface area contributed by atoms with Crippen molar-refractivity contribution < 1.29 is 4.74 Å². The van der Waals surface area contributed by atoms with Crippen LogP contribution in [0.1, 0.15) is 37.6 Å². The summed E-state index contributed by atoms with van der Waals surface area (Å²) in [6.07, 6.45) is 8.50. The van der Waals surface area contributed by atoms with Gasteiger partial charge in [-0.25, -0.2) is 0 Å². The zero-order valence-electron chi connectivity index (χ0n) is 11.3. The molecule has 0 aliphatic carbocycles. The minimum atomic E-state index is 0.132. The Bertz CT molecular complexity index is 409. The van der Waals surface area contributed by atoms with Crippen LogP contribution in [0.5, 0.6) is 5.75 Å². The molecular formula is C15H22N2O. The maximum atomic E-state index is 5.98. The number of rotatable bonds is 7. The summed E-state index contributed by atoms with van der Waals surface area (Å²) in [4.78, 5) is 4.51. The van der Waals surface area contributed by atoms with E-state index in [0.717, 1.165) is 42.8 Å². The Balaban J connectivity index is 2.67. The van der Waals surface area contributed by atoms with Crippen molar-refractivity contribution in [2.75, 3.05) is 6.61 Å². The maximum Gasteiger partial charge on any atom is 0.140 e. The summed E-state index contributed by atoms with van der Waals surface area (Å²) in [5.41, 5.74) is 7.92. The predicted molar refractivity (Wildman–Crippen MR) is 74.5 cm³/mol. The zero-order valence-corrected chi connectivity index (χ0v) is 11.3. The van der Waals surface area contributed by atoms with Gasteiger partial charge in [-0.1, -0.05) is 6.92 Å². The van der Waals surface area contributed by atoms with E-state index in [2.05, 4.69) is 17.8 Å². The summed E-state index contributed by atoms with van der Waals surface area (Å²) in [5.74, 6) is 3.44. The molecule has 18 heavy (non-hydrogen) atoms. The van der Waals surface area contributed by atoms with Gasteiger partial charge in [-0.15, -0.1) is 12.3 Å². The molecule has 0 saturated carbocycles. The van der Waals surface area contributed by atoms with Gasteiger partial charge in [0.25, 0.3) is 0 Å². The highest BCUT2D eigenvalue weighted by Gasteiger charge is 2.09. The van der Waals surface area contributed by atoms with Gasteiger partial charge in [0.2, 0.25) is 0 Å². The monoisotopic (exact) mass is 246 g/mol. The van der Waals surface area contributed by atoms with Crippen molar-refractivity contribution in [3.63, 3.8) is 0 Å². The smallest absolute Gasteiger partial charge is 0.140 e. The lowest BCUT2D eigenvalue weighted by atomic mass is 10.1. The van der Waals surface area contributed by atoms with E-state index < -0.39 is 0 Å². The van der Waals surface area contributed by atoms with Crippen LogP contribution in [0, 0.1) is 19.3 Å². The van der Waals surface area contributed by atoms with Crippen LogP contribution < -0.4 is 10.5 Å². The average Bonchev–Trinajstić information content (AvgIpc) is 2.36. The summed E-state index contributed by atoms with van der Waals surface area (Å²) in [7, 11) is 0. The molecule has 0 aliphatic heterocycles. The van der Waals surface area contributed by atoms with Gasteiger partial charge < -0.3 is 10.5 Å². The third kappa shape index (κ3) is 4.77. The molecule has 1 unspecified atom stereocenters. The molecule has 0 radical (unpaired) electrons. The van der Waals surface area contributed by atoms with E-state index >= 15 is 0 Å². The lowest BCUT2D eigenvalue weighted by Gasteiger charge is -2.14. The van der Waals surface area contributed by atoms with Gasteiger partial charge in [0.05, 0.1) is 12.3 Å². The van der Waals surface area contributed by atoms with E-state index in [1.54, 1.807) is 0 Å². The Labute approximate surface area is 110 Å². The number of hydrogen-bond donors (Lipinski definition) is 1. The van der Waals surface area contributed by atoms with Gasteiger partial charge in [-0.05, 0) is 31.9 Å². The molecule has 1 heterocycles. The van der Waals surface area contributed by atoms with Crippen molar-refractivity contribution in [1.82, 2.24) is 4.98 Å². The molecule has 3 heteroatoms. The third-order valence-electron chi connectivity index (χ3n) is 2.77. The first-order chi connectivity index (χ1) is 8.67. The lowest BCUT2D eigenvalue weighted by molar-refractivity contribution is 0.307. The van der Waals surface area contributed by atoms with E-state index in [0.29, 0.717) is 6.61 Å². The number of nitrogens with zero attached hydrogens (tertiary/aromatic N) is 1. The van der Waals surface area contributed by atoms with E-state index in [4.69, 9.17) is 16.9 Å². The number of aromatic nitrogens is 1. The molecule has 0 amide bonds. The lowest BCUT2D eigenvalue weighted by Crippen LogP contribution is -2.22. The minimum absolute atomic E-state index is 0.132. The predicted octanol–water partition coefficient (Wildman–Crippen LogP) is 2.46. The second-order valence-electron chi connectivity index (χ2n) is 4.43. The highest BCUT2D eigenvalue weighted by atomic mass is 16.5. The van der Waals surface area contributed by atoms with Crippen molar-refractivity contribution in [2.24, 2.45) is 5.73 Å². The summed E-state index contributed by atoms with van der Waals surface area (Å²) < 4.78 is 5.73. The van der Waals surface area contributed by atoms with Gasteiger partial charge in [-0.2, -0.15) is 0 Å². The number of unbranched alkanes of at least 4 members (excludes halogenated alkanes) is 1. The van der Waals surface area contributed by atoms with Crippen molar-refractivity contribution in [2.45, 2.75) is 45.6 Å². The van der Waals surface area contributed by atoms with Crippen LogP contribution in [0.2, 0.25) is 0 Å². The Morgan fingerprint density at radius 1 is 1.50 bits per heavy atom. The molecular weight excluding hydrogens is 224 g/mol. The molecule has 98 valence electrons. The number of nitrogens with two attached hydrogens (primary N) is 1. The molecule has 1 atom stereocenters. The Kier molecular flexibility index (Phi) is 6.24. The fourth-order valence-electron chi connectivity index (χ4n) is 1.62. The highest BCUT2D eigenvalue weighted by Crippen LogP contribution is 2.19. The molecule has 1 aromatic rings. The largest absolute Gasteiger partial charge is 0.492 e. The molecule has 0 spiro atoms. The molecule has 0 bridgehead atoms. The van der Waals surface area contributed by atoms with Crippen LogP contribution in [-0.2, 0) is 6.42 Å². The fraction of sp³-hybridized carbons (Fsp3) is 0.533. The van der Waals surface area contributed by atoms with Crippen molar-refractivity contribution in [3.05, 3.63) is 23.5 Å². The van der Waals surface area contributed by atoms with Crippen molar-refractivity contribution in [3.8, 4) is 18.1 Å². The first kappa shape index (κ1) is 14.5. The molecule has 3 nitrogen and oxygen atoms in total. The molecule has 0 fully saturated rings. The normalized spacial score (nSPS) is 11.9. The van der Waals surface area contributed by atoms with Crippen LogP contribution >= 0.6 is 0 Å². The maximum absolute atomic E-state index is 5.98. The summed E-state index contributed by atoms with van der Waals surface area (Å²) in [5, 5.41) is 0. The second-order valence-corrected chi connectivity index (χ2v) is 4.43. The topological polar surface area (TPSA) is 48.1 Å². The van der Waals surface area contributed by atoms with Crippen molar-refractivity contribution in [1.29, 1.82) is 0 Å². The fourth-order valence-corrected chi connectivity index (χ4v) is 1.62. The molecule has 0 aromatic carbocycles. The van der Waals surface area contributed by atoms with Crippen LogP contribution in [0.3, 0.4) is 0 Å². The Hall–Kier alpha value is -1.53. The van der Waals surface area contributed by atoms with E-state index in [1.807, 2.05) is 19.1 Å². The quantitative estimate of drug-likeness (QED) is 0.594. The van der Waals surface area contributed by atoms with Gasteiger partial charge >= 0.3 is 0 Å². The first-order valence-electron chi connectivity index (χ1n) is 6.45. The van der Waals surface area contributed by atoms with Crippen LogP contribution in [0.15, 0.2) is 12.1 Å². The number of hydrogen-bond acceptors (Lipinski definition) is 3. The van der Waals surface area contributed by atoms with Crippen LogP contribution in [0.25, 0.3) is 0 Å². The summed E-state index contributed by atoms with van der Waals surface area (Å²) in [6, 6.07) is 4.06. The van der Waals surface area contributed by atoms with Gasteiger partial charge in [-0.3, -0.25) is 4.98 Å². The van der Waals surface area contributed by atoms with Gasteiger partial charge in [0.1, 0.15) is 5.75 Å².